The molecule has 162 valence electrons. The molecule has 0 bridgehead atoms. The molecule has 1 heterocycles. The summed E-state index contributed by atoms with van der Waals surface area (Å²) in [5.74, 6) is -0.509. The summed E-state index contributed by atoms with van der Waals surface area (Å²) in [6.07, 6.45) is -2.91. The molecule has 5 nitrogen and oxygen atoms in total. The highest BCUT2D eigenvalue weighted by Gasteiger charge is 2.34. The second-order valence-electron chi connectivity index (χ2n) is 7.26. The van der Waals surface area contributed by atoms with Gasteiger partial charge in [-0.05, 0) is 50.1 Å². The number of amides is 1. The summed E-state index contributed by atoms with van der Waals surface area (Å²) in [4.78, 5) is 30.1. The van der Waals surface area contributed by atoms with E-state index in [1.165, 1.54) is 6.07 Å². The number of nitrogens with zero attached hydrogens (tertiary/aromatic N) is 2. The van der Waals surface area contributed by atoms with Gasteiger partial charge in [-0.25, -0.2) is 4.98 Å². The van der Waals surface area contributed by atoms with Crippen molar-refractivity contribution in [3.05, 3.63) is 63.4 Å². The molecule has 1 atom stereocenters. The summed E-state index contributed by atoms with van der Waals surface area (Å²) in [5, 5.41) is 2.26. The lowest BCUT2D eigenvalue weighted by molar-refractivity contribution is -0.137. The fraction of sp³-hybridized carbons (Fsp3) is 0.286. The lowest BCUT2D eigenvalue weighted by atomic mass is 10.2. The second-order valence-corrected chi connectivity index (χ2v) is 8.97. The van der Waals surface area contributed by atoms with Gasteiger partial charge in [-0.1, -0.05) is 35.5 Å². The molecule has 1 saturated carbocycles. The predicted molar refractivity (Wildman–Crippen MR) is 115 cm³/mol. The predicted octanol–water partition coefficient (Wildman–Crippen LogP) is 5.52. The van der Waals surface area contributed by atoms with Crippen LogP contribution in [-0.2, 0) is 11.0 Å². The van der Waals surface area contributed by atoms with Crippen molar-refractivity contribution in [2.24, 2.45) is 0 Å². The van der Waals surface area contributed by atoms with E-state index in [-0.39, 0.29) is 17.3 Å². The van der Waals surface area contributed by atoms with Crippen LogP contribution in [0.3, 0.4) is 0 Å². The summed E-state index contributed by atoms with van der Waals surface area (Å²) in [7, 11) is 0. The van der Waals surface area contributed by atoms with Gasteiger partial charge in [0, 0.05) is 11.7 Å². The van der Waals surface area contributed by atoms with Crippen molar-refractivity contribution in [3.63, 3.8) is 0 Å². The van der Waals surface area contributed by atoms with E-state index in [1.807, 2.05) is 0 Å². The maximum absolute atomic E-state index is 13.1. The maximum Gasteiger partial charge on any atom is 0.417 e. The number of hydrogen-bond acceptors (Lipinski definition) is 4. The Morgan fingerprint density at radius 3 is 2.65 bits per heavy atom. The summed E-state index contributed by atoms with van der Waals surface area (Å²) >= 11 is 6.72. The number of carbonyl (C=O) groups is 1. The zero-order valence-electron chi connectivity index (χ0n) is 16.2. The highest BCUT2D eigenvalue weighted by molar-refractivity contribution is 8.00. The van der Waals surface area contributed by atoms with Gasteiger partial charge in [0.2, 0.25) is 5.91 Å². The van der Waals surface area contributed by atoms with Crippen LogP contribution in [0.15, 0.2) is 52.4 Å². The fourth-order valence-corrected chi connectivity index (χ4v) is 4.34. The van der Waals surface area contributed by atoms with E-state index in [2.05, 4.69) is 10.3 Å². The van der Waals surface area contributed by atoms with Gasteiger partial charge in [-0.2, -0.15) is 13.2 Å². The molecule has 1 aliphatic rings. The minimum Gasteiger partial charge on any atom is -0.325 e. The third kappa shape index (κ3) is 4.57. The molecule has 2 aromatic carbocycles. The number of nitrogens with one attached hydrogen (secondary N) is 1. The van der Waals surface area contributed by atoms with Gasteiger partial charge in [-0.15, -0.1) is 0 Å². The van der Waals surface area contributed by atoms with Gasteiger partial charge in [0.05, 0.1) is 26.7 Å². The number of hydrogen-bond donors (Lipinski definition) is 1. The van der Waals surface area contributed by atoms with Crippen LogP contribution in [0.2, 0.25) is 5.02 Å². The summed E-state index contributed by atoms with van der Waals surface area (Å²) in [6, 6.07) is 10.2. The molecule has 31 heavy (non-hydrogen) atoms. The SMILES string of the molecule is CC(Sc1nc2ccccc2c(=O)n1C1CC1)C(=O)Nc1ccc(Cl)c(C(F)(F)F)c1. The molecule has 1 aliphatic carbocycles. The Kier molecular flexibility index (Phi) is 5.74. The number of rotatable bonds is 5. The van der Waals surface area contributed by atoms with Gasteiger partial charge < -0.3 is 5.32 Å². The zero-order chi connectivity index (χ0) is 22.3. The number of anilines is 1. The molecule has 0 aliphatic heterocycles. The van der Waals surface area contributed by atoms with Gasteiger partial charge >= 0.3 is 6.18 Å². The van der Waals surface area contributed by atoms with Crippen molar-refractivity contribution in [2.75, 3.05) is 5.32 Å². The van der Waals surface area contributed by atoms with E-state index in [9.17, 15) is 22.8 Å². The highest BCUT2D eigenvalue weighted by atomic mass is 35.5. The van der Waals surface area contributed by atoms with Crippen LogP contribution in [0.5, 0.6) is 0 Å². The first-order valence-electron chi connectivity index (χ1n) is 9.50. The number of thioether (sulfide) groups is 1. The number of fused-ring (bicyclic) bond motifs is 1. The van der Waals surface area contributed by atoms with Crippen molar-refractivity contribution in [3.8, 4) is 0 Å². The lowest BCUT2D eigenvalue weighted by Gasteiger charge is -2.17. The molecule has 0 spiro atoms. The monoisotopic (exact) mass is 467 g/mol. The Balaban J connectivity index is 1.58. The van der Waals surface area contributed by atoms with Crippen LogP contribution < -0.4 is 10.9 Å². The van der Waals surface area contributed by atoms with Crippen LogP contribution in [0, 0.1) is 0 Å². The topological polar surface area (TPSA) is 64.0 Å². The first kappa shape index (κ1) is 21.7. The molecule has 1 unspecified atom stereocenters. The molecule has 0 saturated heterocycles. The van der Waals surface area contributed by atoms with Crippen LogP contribution in [0.1, 0.15) is 31.4 Å². The number of carbonyl (C=O) groups excluding carboxylic acids is 1. The Labute approximate surface area is 184 Å². The van der Waals surface area contributed by atoms with E-state index in [0.29, 0.717) is 16.1 Å². The van der Waals surface area contributed by atoms with E-state index in [4.69, 9.17) is 11.6 Å². The molecule has 10 heteroatoms. The Bertz CT molecular complexity index is 1220. The standard InChI is InChI=1S/C21H17ClF3N3O2S/c1-11(18(29)26-12-6-9-16(22)15(10-12)21(23,24)25)31-20-27-17-5-3-2-4-14(17)19(30)28(20)13-7-8-13/h2-6,9-11,13H,7-8H2,1H3,(H,26,29). The molecular weight excluding hydrogens is 451 g/mol. The van der Waals surface area contributed by atoms with Gasteiger partial charge in [0.1, 0.15) is 0 Å². The number of aromatic nitrogens is 2. The minimum absolute atomic E-state index is 0.0137. The number of alkyl halides is 3. The van der Waals surface area contributed by atoms with E-state index in [1.54, 1.807) is 35.8 Å². The van der Waals surface area contributed by atoms with Crippen LogP contribution in [0.25, 0.3) is 10.9 Å². The van der Waals surface area contributed by atoms with Crippen molar-refractivity contribution in [2.45, 2.75) is 42.4 Å². The molecular formula is C21H17ClF3N3O2S. The Morgan fingerprint density at radius 2 is 1.97 bits per heavy atom. The molecule has 0 radical (unpaired) electrons. The number of halogens is 4. The third-order valence-corrected chi connectivity index (χ3v) is 6.27. The van der Waals surface area contributed by atoms with Crippen LogP contribution >= 0.6 is 23.4 Å². The first-order valence-corrected chi connectivity index (χ1v) is 10.8. The normalized spacial score (nSPS) is 15.1. The molecule has 1 N–H and O–H groups in total. The van der Waals surface area contributed by atoms with Crippen molar-refractivity contribution >= 4 is 45.9 Å². The van der Waals surface area contributed by atoms with Gasteiger partial charge in [0.15, 0.2) is 5.16 Å². The number of benzene rings is 2. The summed E-state index contributed by atoms with van der Waals surface area (Å²) in [6.45, 7) is 1.61. The van der Waals surface area contributed by atoms with Gasteiger partial charge in [0.25, 0.3) is 5.56 Å². The molecule has 1 amide bonds. The average molecular weight is 468 g/mol. The molecule has 3 aromatic rings. The summed E-state index contributed by atoms with van der Waals surface area (Å²) in [5.41, 5.74) is -0.658. The third-order valence-electron chi connectivity index (χ3n) is 4.88. The van der Waals surface area contributed by atoms with Crippen LogP contribution in [-0.4, -0.2) is 20.7 Å². The molecule has 4 rings (SSSR count). The van der Waals surface area contributed by atoms with Crippen molar-refractivity contribution in [1.82, 2.24) is 9.55 Å². The molecule has 1 aromatic heterocycles. The van der Waals surface area contributed by atoms with E-state index in [0.717, 1.165) is 36.7 Å². The zero-order valence-corrected chi connectivity index (χ0v) is 17.8. The average Bonchev–Trinajstić information content (AvgIpc) is 3.53. The van der Waals surface area contributed by atoms with Gasteiger partial charge in [-0.3, -0.25) is 14.2 Å². The van der Waals surface area contributed by atoms with Crippen molar-refractivity contribution in [1.29, 1.82) is 0 Å². The van der Waals surface area contributed by atoms with E-state index < -0.39 is 27.9 Å². The van der Waals surface area contributed by atoms with E-state index >= 15 is 0 Å². The van der Waals surface area contributed by atoms with Crippen molar-refractivity contribution < 1.29 is 18.0 Å². The largest absolute Gasteiger partial charge is 0.417 e. The number of para-hydroxylation sites is 1. The molecule has 1 fully saturated rings. The Hall–Kier alpha value is -2.52. The minimum atomic E-state index is -4.63. The maximum atomic E-state index is 13.1. The lowest BCUT2D eigenvalue weighted by Crippen LogP contribution is -2.26. The quantitative estimate of drug-likeness (QED) is 0.396. The van der Waals surface area contributed by atoms with Crippen LogP contribution in [0.4, 0.5) is 18.9 Å². The summed E-state index contributed by atoms with van der Waals surface area (Å²) < 4.78 is 40.8. The second kappa shape index (κ2) is 8.20. The highest BCUT2D eigenvalue weighted by Crippen LogP contribution is 2.38. The Morgan fingerprint density at radius 1 is 1.26 bits per heavy atom. The first-order chi connectivity index (χ1) is 14.6. The fourth-order valence-electron chi connectivity index (χ4n) is 3.14. The smallest absolute Gasteiger partial charge is 0.325 e.